The van der Waals surface area contributed by atoms with Gasteiger partial charge >= 0.3 is 6.09 Å². The molecule has 9 heteroatoms. The van der Waals surface area contributed by atoms with Crippen LogP contribution in [-0.2, 0) is 9.47 Å². The Bertz CT molecular complexity index is 966. The average molecular weight is 448 g/mol. The van der Waals surface area contributed by atoms with Gasteiger partial charge in [0.15, 0.2) is 0 Å². The first kappa shape index (κ1) is 23.0. The number of benzene rings is 1. The number of nitriles is 1. The molecule has 31 heavy (non-hydrogen) atoms. The Hall–Kier alpha value is -2.70. The lowest BCUT2D eigenvalue weighted by Crippen LogP contribution is -2.50. The fourth-order valence-electron chi connectivity index (χ4n) is 3.44. The number of carbonyl (C=O) groups is 1. The molecule has 0 saturated carbocycles. The van der Waals surface area contributed by atoms with E-state index in [2.05, 4.69) is 4.98 Å². The van der Waals surface area contributed by atoms with Gasteiger partial charge in [-0.25, -0.2) is 9.18 Å². The van der Waals surface area contributed by atoms with E-state index < -0.39 is 29.3 Å². The van der Waals surface area contributed by atoms with Gasteiger partial charge in [0.1, 0.15) is 35.1 Å². The summed E-state index contributed by atoms with van der Waals surface area (Å²) in [5, 5.41) is 9.37. The van der Waals surface area contributed by atoms with Crippen molar-refractivity contribution in [3.05, 3.63) is 46.2 Å². The molecule has 1 aromatic carbocycles. The number of ether oxygens (including phenoxy) is 3. The predicted molar refractivity (Wildman–Crippen MR) is 113 cm³/mol. The molecule has 166 valence electrons. The number of nitrogens with zero attached hydrogens (tertiary/aromatic N) is 3. The molecule has 0 aliphatic carbocycles. The van der Waals surface area contributed by atoms with Crippen molar-refractivity contribution < 1.29 is 23.4 Å². The first-order valence-corrected chi connectivity index (χ1v) is 10.8. The molecule has 2 aromatic rings. The molecule has 1 saturated heterocycles. The summed E-state index contributed by atoms with van der Waals surface area (Å²) in [6.45, 7) is 9.36. The summed E-state index contributed by atoms with van der Waals surface area (Å²) in [5.74, 6) is -0.246. The fourth-order valence-corrected chi connectivity index (χ4v) is 4.10. The molecule has 1 unspecified atom stereocenters. The maximum atomic E-state index is 13.5. The smallest absolute Gasteiger partial charge is 0.412 e. The molecule has 1 aliphatic rings. The standard InChI is InChI=1S/C22H26FN3O4S/c1-21(2,3)30-20(27)26-16(12-28-22(26,4)5)9-18(19-11-25-13-31-19)29-17-7-6-15(23)8-14(17)10-24/h6-8,11,13,16,18H,9,12H2,1-5H3/t16?,18-/m1/s1. The van der Waals surface area contributed by atoms with Gasteiger partial charge in [0, 0.05) is 12.6 Å². The largest absolute Gasteiger partial charge is 0.483 e. The average Bonchev–Trinajstić information content (AvgIpc) is 3.28. The minimum atomic E-state index is -0.848. The van der Waals surface area contributed by atoms with Gasteiger partial charge in [-0.3, -0.25) is 9.88 Å². The Balaban J connectivity index is 1.88. The summed E-state index contributed by atoms with van der Waals surface area (Å²) in [4.78, 5) is 19.5. The van der Waals surface area contributed by atoms with E-state index in [0.29, 0.717) is 13.0 Å². The van der Waals surface area contributed by atoms with Crippen molar-refractivity contribution in [3.63, 3.8) is 0 Å². The minimum absolute atomic E-state index is 0.0986. The van der Waals surface area contributed by atoms with Gasteiger partial charge in [-0.15, -0.1) is 11.3 Å². The van der Waals surface area contributed by atoms with Gasteiger partial charge in [-0.2, -0.15) is 5.26 Å². The number of halogens is 1. The summed E-state index contributed by atoms with van der Waals surface area (Å²) < 4.78 is 31.2. The van der Waals surface area contributed by atoms with Crippen LogP contribution in [0.25, 0.3) is 0 Å². The molecular formula is C22H26FN3O4S. The predicted octanol–water partition coefficient (Wildman–Crippen LogP) is 5.04. The van der Waals surface area contributed by atoms with Crippen molar-refractivity contribution in [1.82, 2.24) is 9.88 Å². The number of carbonyl (C=O) groups excluding carboxylic acids is 1. The van der Waals surface area contributed by atoms with Crippen LogP contribution in [0.3, 0.4) is 0 Å². The molecule has 0 bridgehead atoms. The van der Waals surface area contributed by atoms with Gasteiger partial charge < -0.3 is 14.2 Å². The number of rotatable bonds is 5. The zero-order valence-electron chi connectivity index (χ0n) is 18.2. The van der Waals surface area contributed by atoms with E-state index in [0.717, 1.165) is 10.9 Å². The molecular weight excluding hydrogens is 421 g/mol. The summed E-state index contributed by atoms with van der Waals surface area (Å²) in [6, 6.07) is 5.44. The van der Waals surface area contributed by atoms with E-state index in [9.17, 15) is 14.4 Å². The van der Waals surface area contributed by atoms with Crippen LogP contribution in [0.1, 0.15) is 57.6 Å². The summed E-state index contributed by atoms with van der Waals surface area (Å²) >= 11 is 1.40. The second-order valence-electron chi connectivity index (χ2n) is 8.76. The quantitative estimate of drug-likeness (QED) is 0.639. The zero-order valence-corrected chi connectivity index (χ0v) is 19.0. The molecule has 0 N–H and O–H groups in total. The van der Waals surface area contributed by atoms with Crippen molar-refractivity contribution in [2.24, 2.45) is 0 Å². The Morgan fingerprint density at radius 3 is 2.84 bits per heavy atom. The third-order valence-corrected chi connectivity index (χ3v) is 5.62. The summed E-state index contributed by atoms with van der Waals surface area (Å²) in [5.41, 5.74) is 0.284. The van der Waals surface area contributed by atoms with Crippen LogP contribution in [0, 0.1) is 17.1 Å². The highest BCUT2D eigenvalue weighted by molar-refractivity contribution is 7.09. The van der Waals surface area contributed by atoms with Gasteiger partial charge in [-0.05, 0) is 52.8 Å². The highest BCUT2D eigenvalue weighted by Crippen LogP contribution is 2.37. The van der Waals surface area contributed by atoms with Crippen LogP contribution in [0.4, 0.5) is 9.18 Å². The molecule has 7 nitrogen and oxygen atoms in total. The van der Waals surface area contributed by atoms with Gasteiger partial charge in [-0.1, -0.05) is 0 Å². The number of aromatic nitrogens is 1. The van der Waals surface area contributed by atoms with Crippen LogP contribution < -0.4 is 4.74 Å². The van der Waals surface area contributed by atoms with Crippen LogP contribution in [0.15, 0.2) is 29.9 Å². The minimum Gasteiger partial charge on any atom is -0.483 e. The number of hydrogen-bond donors (Lipinski definition) is 0. The van der Waals surface area contributed by atoms with Crippen LogP contribution in [0.5, 0.6) is 5.75 Å². The van der Waals surface area contributed by atoms with Crippen LogP contribution in [-0.4, -0.2) is 40.0 Å². The SMILES string of the molecule is CC(C)(C)OC(=O)N1C(C[C@@H](Oc2ccc(F)cc2C#N)c2cncs2)COC1(C)C. The molecule has 0 spiro atoms. The number of thiazole rings is 1. The highest BCUT2D eigenvalue weighted by atomic mass is 32.1. The molecule has 1 amide bonds. The normalized spacial score (nSPS) is 19.0. The number of hydrogen-bond acceptors (Lipinski definition) is 7. The topological polar surface area (TPSA) is 84.7 Å². The van der Waals surface area contributed by atoms with Gasteiger partial charge in [0.25, 0.3) is 0 Å². The van der Waals surface area contributed by atoms with E-state index in [1.54, 1.807) is 16.6 Å². The summed E-state index contributed by atoms with van der Waals surface area (Å²) in [7, 11) is 0. The second-order valence-corrected chi connectivity index (χ2v) is 9.68. The summed E-state index contributed by atoms with van der Waals surface area (Å²) in [6.07, 6.45) is 1.08. The lowest BCUT2D eigenvalue weighted by Gasteiger charge is -2.36. The Morgan fingerprint density at radius 2 is 2.23 bits per heavy atom. The molecule has 2 atom stereocenters. The van der Waals surface area contributed by atoms with Crippen molar-refractivity contribution in [2.45, 2.75) is 64.5 Å². The van der Waals surface area contributed by atoms with Gasteiger partial charge in [0.2, 0.25) is 0 Å². The van der Waals surface area contributed by atoms with Crippen LogP contribution >= 0.6 is 11.3 Å². The van der Waals surface area contributed by atoms with E-state index in [4.69, 9.17) is 14.2 Å². The van der Waals surface area contributed by atoms with Crippen molar-refractivity contribution >= 4 is 17.4 Å². The van der Waals surface area contributed by atoms with Crippen LogP contribution in [0.2, 0.25) is 0 Å². The first-order chi connectivity index (χ1) is 14.5. The van der Waals surface area contributed by atoms with Crippen molar-refractivity contribution in [1.29, 1.82) is 5.26 Å². The van der Waals surface area contributed by atoms with E-state index in [1.165, 1.54) is 23.5 Å². The Kier molecular flexibility index (Phi) is 6.53. The Labute approximate surface area is 185 Å². The third kappa shape index (κ3) is 5.51. The molecule has 0 radical (unpaired) electrons. The second kappa shape index (κ2) is 8.81. The monoisotopic (exact) mass is 447 g/mol. The fraction of sp³-hybridized carbons (Fsp3) is 0.500. The lowest BCUT2D eigenvalue weighted by atomic mass is 10.1. The molecule has 1 fully saturated rings. The molecule has 2 heterocycles. The molecule has 1 aromatic heterocycles. The first-order valence-electron chi connectivity index (χ1n) is 9.91. The Morgan fingerprint density at radius 1 is 1.48 bits per heavy atom. The van der Waals surface area contributed by atoms with E-state index in [1.807, 2.05) is 40.7 Å². The zero-order chi connectivity index (χ0) is 22.8. The van der Waals surface area contributed by atoms with E-state index >= 15 is 0 Å². The molecule has 3 rings (SSSR count). The lowest BCUT2D eigenvalue weighted by molar-refractivity contribution is -0.0635. The third-order valence-electron chi connectivity index (χ3n) is 4.75. The van der Waals surface area contributed by atoms with E-state index in [-0.39, 0.29) is 17.4 Å². The van der Waals surface area contributed by atoms with Crippen molar-refractivity contribution in [3.8, 4) is 11.8 Å². The number of amides is 1. The van der Waals surface area contributed by atoms with Gasteiger partial charge in [0.05, 0.1) is 28.6 Å². The maximum absolute atomic E-state index is 13.5. The molecule has 1 aliphatic heterocycles. The highest BCUT2D eigenvalue weighted by Gasteiger charge is 2.46. The van der Waals surface area contributed by atoms with Crippen molar-refractivity contribution in [2.75, 3.05) is 6.61 Å². The maximum Gasteiger partial charge on any atom is 0.412 e.